The summed E-state index contributed by atoms with van der Waals surface area (Å²) in [6.45, 7) is 0. The van der Waals surface area contributed by atoms with Gasteiger partial charge < -0.3 is 10.5 Å². The van der Waals surface area contributed by atoms with E-state index in [-0.39, 0.29) is 10.9 Å². The fourth-order valence-corrected chi connectivity index (χ4v) is 2.16. The number of aromatic nitrogens is 1. The van der Waals surface area contributed by atoms with Crippen LogP contribution in [0.25, 0.3) is 10.2 Å². The van der Waals surface area contributed by atoms with Gasteiger partial charge in [-0.2, -0.15) is 0 Å². The minimum Gasteiger partial charge on any atom is -0.406 e. The molecule has 0 bridgehead atoms. The minimum atomic E-state index is -4.74. The Morgan fingerprint density at radius 2 is 2.17 bits per heavy atom. The summed E-state index contributed by atoms with van der Waals surface area (Å²) < 4.78 is 40.2. The molecule has 2 amide bonds. The summed E-state index contributed by atoms with van der Waals surface area (Å²) in [7, 11) is 0. The SMILES string of the molecule is NC(=O)Nc1nc2ccc(OC(F)(F)F)cc2s1. The van der Waals surface area contributed by atoms with Crippen LogP contribution in [-0.2, 0) is 0 Å². The Hall–Kier alpha value is -2.03. The van der Waals surface area contributed by atoms with Crippen molar-refractivity contribution in [2.45, 2.75) is 6.36 Å². The summed E-state index contributed by atoms with van der Waals surface area (Å²) in [5.74, 6) is -0.343. The molecule has 0 saturated heterocycles. The lowest BCUT2D eigenvalue weighted by Gasteiger charge is -2.07. The molecule has 9 heteroatoms. The van der Waals surface area contributed by atoms with Gasteiger partial charge in [0.2, 0.25) is 0 Å². The third-order valence-electron chi connectivity index (χ3n) is 1.82. The van der Waals surface area contributed by atoms with Crippen molar-refractivity contribution >= 4 is 32.7 Å². The summed E-state index contributed by atoms with van der Waals surface area (Å²) in [5, 5.41) is 2.46. The highest BCUT2D eigenvalue weighted by Gasteiger charge is 2.31. The van der Waals surface area contributed by atoms with E-state index in [1.807, 2.05) is 0 Å². The molecular weight excluding hydrogens is 271 g/mol. The fourth-order valence-electron chi connectivity index (χ4n) is 1.26. The molecule has 0 unspecified atom stereocenters. The number of hydrogen-bond acceptors (Lipinski definition) is 4. The number of rotatable bonds is 2. The van der Waals surface area contributed by atoms with Gasteiger partial charge in [0.05, 0.1) is 10.2 Å². The van der Waals surface area contributed by atoms with Crippen LogP contribution < -0.4 is 15.8 Å². The Bertz CT molecular complexity index is 596. The molecule has 0 atom stereocenters. The van der Waals surface area contributed by atoms with Crippen LogP contribution in [-0.4, -0.2) is 17.4 Å². The van der Waals surface area contributed by atoms with E-state index in [1.165, 1.54) is 12.1 Å². The number of benzene rings is 1. The Balaban J connectivity index is 2.30. The molecule has 0 fully saturated rings. The second kappa shape index (κ2) is 4.33. The minimum absolute atomic E-state index is 0.210. The van der Waals surface area contributed by atoms with E-state index >= 15 is 0 Å². The number of urea groups is 1. The van der Waals surface area contributed by atoms with Gasteiger partial charge in [0.25, 0.3) is 0 Å². The summed E-state index contributed by atoms with van der Waals surface area (Å²) in [5.41, 5.74) is 5.35. The number of fused-ring (bicyclic) bond motifs is 1. The van der Waals surface area contributed by atoms with Crippen LogP contribution in [0.5, 0.6) is 5.75 Å². The third kappa shape index (κ3) is 3.00. The highest BCUT2D eigenvalue weighted by atomic mass is 32.1. The molecule has 5 nitrogen and oxygen atoms in total. The highest BCUT2D eigenvalue weighted by Crippen LogP contribution is 2.31. The smallest absolute Gasteiger partial charge is 0.406 e. The lowest BCUT2D eigenvalue weighted by atomic mass is 10.3. The Morgan fingerprint density at radius 3 is 2.78 bits per heavy atom. The van der Waals surface area contributed by atoms with E-state index in [4.69, 9.17) is 5.73 Å². The number of thiazole rings is 1. The Kier molecular flexibility index (Phi) is 2.99. The number of anilines is 1. The monoisotopic (exact) mass is 277 g/mol. The van der Waals surface area contributed by atoms with E-state index in [0.29, 0.717) is 10.2 Å². The molecule has 3 N–H and O–H groups in total. The number of halogens is 3. The van der Waals surface area contributed by atoms with Crippen LogP contribution in [0.2, 0.25) is 0 Å². The number of alkyl halides is 3. The van der Waals surface area contributed by atoms with Crippen molar-refractivity contribution in [2.75, 3.05) is 5.32 Å². The third-order valence-corrected chi connectivity index (χ3v) is 2.76. The van der Waals surface area contributed by atoms with Crippen LogP contribution in [0.1, 0.15) is 0 Å². The highest BCUT2D eigenvalue weighted by molar-refractivity contribution is 7.22. The Labute approximate surface area is 102 Å². The number of nitrogens with one attached hydrogen (secondary N) is 1. The predicted molar refractivity (Wildman–Crippen MR) is 59.5 cm³/mol. The second-order valence-electron chi connectivity index (χ2n) is 3.19. The van der Waals surface area contributed by atoms with E-state index < -0.39 is 12.4 Å². The van der Waals surface area contributed by atoms with Gasteiger partial charge in [0.1, 0.15) is 5.75 Å². The zero-order valence-corrected chi connectivity index (χ0v) is 9.43. The van der Waals surface area contributed by atoms with Gasteiger partial charge in [-0.15, -0.1) is 13.2 Å². The maximum absolute atomic E-state index is 12.0. The van der Waals surface area contributed by atoms with Crippen molar-refractivity contribution < 1.29 is 22.7 Å². The summed E-state index contributed by atoms with van der Waals surface area (Å²) in [6, 6.07) is 2.90. The quantitative estimate of drug-likeness (QED) is 0.885. The first-order chi connectivity index (χ1) is 8.33. The number of carbonyl (C=O) groups is 1. The molecule has 18 heavy (non-hydrogen) atoms. The molecule has 0 aliphatic heterocycles. The number of nitrogens with zero attached hydrogens (tertiary/aromatic N) is 1. The van der Waals surface area contributed by atoms with Gasteiger partial charge in [0, 0.05) is 6.07 Å². The van der Waals surface area contributed by atoms with Crippen LogP contribution >= 0.6 is 11.3 Å². The van der Waals surface area contributed by atoms with Crippen molar-refractivity contribution in [2.24, 2.45) is 5.73 Å². The molecule has 1 aromatic heterocycles. The van der Waals surface area contributed by atoms with Crippen molar-refractivity contribution in [3.63, 3.8) is 0 Å². The lowest BCUT2D eigenvalue weighted by Crippen LogP contribution is -2.18. The average molecular weight is 277 g/mol. The van der Waals surface area contributed by atoms with Crippen LogP contribution in [0.15, 0.2) is 18.2 Å². The summed E-state index contributed by atoms with van der Waals surface area (Å²) in [4.78, 5) is 14.6. The molecule has 1 aromatic carbocycles. The molecule has 0 radical (unpaired) electrons. The molecule has 2 aromatic rings. The van der Waals surface area contributed by atoms with Crippen LogP contribution in [0.4, 0.5) is 23.1 Å². The van der Waals surface area contributed by atoms with Crippen molar-refractivity contribution in [3.8, 4) is 5.75 Å². The van der Waals surface area contributed by atoms with Crippen LogP contribution in [0, 0.1) is 0 Å². The van der Waals surface area contributed by atoms with E-state index in [1.54, 1.807) is 0 Å². The van der Waals surface area contributed by atoms with Gasteiger partial charge in [-0.3, -0.25) is 5.32 Å². The maximum Gasteiger partial charge on any atom is 0.573 e. The van der Waals surface area contributed by atoms with E-state index in [9.17, 15) is 18.0 Å². The van der Waals surface area contributed by atoms with E-state index in [0.717, 1.165) is 17.4 Å². The molecule has 2 rings (SSSR count). The normalized spacial score (nSPS) is 11.5. The molecule has 1 heterocycles. The fraction of sp³-hybridized carbons (Fsp3) is 0.111. The topological polar surface area (TPSA) is 77.2 Å². The van der Waals surface area contributed by atoms with Gasteiger partial charge in [-0.25, -0.2) is 9.78 Å². The first-order valence-electron chi connectivity index (χ1n) is 4.56. The second-order valence-corrected chi connectivity index (χ2v) is 4.22. The molecule has 0 spiro atoms. The van der Waals surface area contributed by atoms with Gasteiger partial charge in [-0.05, 0) is 12.1 Å². The number of nitrogens with two attached hydrogens (primary N) is 1. The summed E-state index contributed by atoms with van der Waals surface area (Å²) >= 11 is 0.995. The zero-order valence-electron chi connectivity index (χ0n) is 8.62. The largest absolute Gasteiger partial charge is 0.573 e. The number of primary amides is 1. The molecule has 0 aliphatic carbocycles. The van der Waals surface area contributed by atoms with Crippen molar-refractivity contribution in [3.05, 3.63) is 18.2 Å². The number of amides is 2. The van der Waals surface area contributed by atoms with Crippen LogP contribution in [0.3, 0.4) is 0 Å². The van der Waals surface area contributed by atoms with Crippen molar-refractivity contribution in [1.29, 1.82) is 0 Å². The molecule has 96 valence electrons. The van der Waals surface area contributed by atoms with Gasteiger partial charge in [-0.1, -0.05) is 11.3 Å². The first-order valence-corrected chi connectivity index (χ1v) is 5.38. The van der Waals surface area contributed by atoms with Gasteiger partial charge in [0.15, 0.2) is 5.13 Å². The number of ether oxygens (including phenoxy) is 1. The summed E-state index contributed by atoms with van der Waals surface area (Å²) in [6.07, 6.45) is -4.74. The number of hydrogen-bond donors (Lipinski definition) is 2. The molecule has 0 saturated carbocycles. The van der Waals surface area contributed by atoms with E-state index in [2.05, 4.69) is 15.0 Å². The first kappa shape index (κ1) is 12.4. The van der Waals surface area contributed by atoms with Gasteiger partial charge >= 0.3 is 12.4 Å². The maximum atomic E-state index is 12.0. The lowest BCUT2D eigenvalue weighted by molar-refractivity contribution is -0.274. The number of carbonyl (C=O) groups excluding carboxylic acids is 1. The average Bonchev–Trinajstić information content (AvgIpc) is 2.55. The standard InChI is InChI=1S/C9H6F3N3O2S/c10-9(11,12)17-4-1-2-5-6(3-4)18-8(14-5)15-7(13)16/h1-3H,(H3,13,14,15,16). The zero-order chi connectivity index (χ0) is 13.3. The molecular formula is C9H6F3N3O2S. The van der Waals surface area contributed by atoms with Crippen molar-refractivity contribution in [1.82, 2.24) is 4.98 Å². The molecule has 0 aliphatic rings. The Morgan fingerprint density at radius 1 is 1.44 bits per heavy atom. The predicted octanol–water partition coefficient (Wildman–Crippen LogP) is 2.69.